The van der Waals surface area contributed by atoms with Crippen molar-refractivity contribution in [3.63, 3.8) is 0 Å². The number of ether oxygens (including phenoxy) is 2. The van der Waals surface area contributed by atoms with Crippen molar-refractivity contribution in [2.24, 2.45) is 0 Å². The number of carbonyl (C=O) groups excluding carboxylic acids is 2. The van der Waals surface area contributed by atoms with Crippen LogP contribution in [0, 0.1) is 0 Å². The number of rotatable bonds is 7. The molecule has 0 aliphatic heterocycles. The van der Waals surface area contributed by atoms with Gasteiger partial charge in [-0.1, -0.05) is 6.08 Å². The lowest BCUT2D eigenvalue weighted by Crippen LogP contribution is -2.36. The zero-order chi connectivity index (χ0) is 17.8. The second-order valence-electron chi connectivity index (χ2n) is 6.65. The Bertz CT molecular complexity index is 691. The molecule has 0 atom stereocenters. The normalized spacial score (nSPS) is 16.8. The van der Waals surface area contributed by atoms with Crippen LogP contribution in [0.1, 0.15) is 55.8 Å². The van der Waals surface area contributed by atoms with Gasteiger partial charge in [-0.3, -0.25) is 9.59 Å². The van der Waals surface area contributed by atoms with Crippen molar-refractivity contribution >= 4 is 11.7 Å². The number of benzene rings is 1. The lowest BCUT2D eigenvalue weighted by molar-refractivity contribution is -0.132. The van der Waals surface area contributed by atoms with Crippen molar-refractivity contribution in [1.29, 1.82) is 0 Å². The van der Waals surface area contributed by atoms with Gasteiger partial charge in [0, 0.05) is 17.3 Å². The summed E-state index contributed by atoms with van der Waals surface area (Å²) in [6, 6.07) is 5.35. The van der Waals surface area contributed by atoms with E-state index in [-0.39, 0.29) is 18.3 Å². The number of Topliss-reactive ketones (excluding diaryl/α,β-unsaturated/α-hetero) is 1. The average Bonchev–Trinajstić information content (AvgIpc) is 3.45. The van der Waals surface area contributed by atoms with Gasteiger partial charge in [0.05, 0.1) is 7.11 Å². The van der Waals surface area contributed by atoms with Crippen molar-refractivity contribution in [1.82, 2.24) is 4.90 Å². The number of nitrogens with zero attached hydrogens (tertiary/aromatic N) is 1. The van der Waals surface area contributed by atoms with Gasteiger partial charge < -0.3 is 14.4 Å². The highest BCUT2D eigenvalue weighted by Gasteiger charge is 2.35. The fourth-order valence-electron chi connectivity index (χ4n) is 3.19. The number of methoxy groups -OCH3 is 1. The number of hydrogen-bond donors (Lipinski definition) is 0. The summed E-state index contributed by atoms with van der Waals surface area (Å²) in [4.78, 5) is 26.2. The van der Waals surface area contributed by atoms with Gasteiger partial charge in [-0.15, -0.1) is 0 Å². The zero-order valence-electron chi connectivity index (χ0n) is 14.9. The van der Waals surface area contributed by atoms with E-state index < -0.39 is 0 Å². The molecule has 134 valence electrons. The average molecular weight is 343 g/mol. The van der Waals surface area contributed by atoms with Crippen LogP contribution in [0.4, 0.5) is 0 Å². The van der Waals surface area contributed by atoms with E-state index in [9.17, 15) is 9.59 Å². The third kappa shape index (κ3) is 4.21. The first-order valence-corrected chi connectivity index (χ1v) is 8.93. The van der Waals surface area contributed by atoms with Crippen molar-refractivity contribution in [3.05, 3.63) is 35.5 Å². The Morgan fingerprint density at radius 2 is 2.00 bits per heavy atom. The quantitative estimate of drug-likeness (QED) is 0.708. The second kappa shape index (κ2) is 7.72. The Morgan fingerprint density at radius 1 is 1.20 bits per heavy atom. The fraction of sp³-hybridized carbons (Fsp3) is 0.500. The van der Waals surface area contributed by atoms with Crippen molar-refractivity contribution in [3.8, 4) is 11.5 Å². The van der Waals surface area contributed by atoms with E-state index in [4.69, 9.17) is 9.47 Å². The lowest BCUT2D eigenvalue weighted by atomic mass is 10.0. The van der Waals surface area contributed by atoms with Gasteiger partial charge in [-0.25, -0.2) is 0 Å². The number of amides is 1. The molecule has 1 aromatic carbocycles. The summed E-state index contributed by atoms with van der Waals surface area (Å²) in [6.45, 7) is 1.48. The minimum atomic E-state index is -0.0370. The van der Waals surface area contributed by atoms with Crippen LogP contribution >= 0.6 is 0 Å². The number of hydrogen-bond acceptors (Lipinski definition) is 4. The van der Waals surface area contributed by atoms with E-state index in [0.29, 0.717) is 23.1 Å². The minimum absolute atomic E-state index is 0.00616. The summed E-state index contributed by atoms with van der Waals surface area (Å²) in [5.74, 6) is 0.906. The van der Waals surface area contributed by atoms with Crippen LogP contribution < -0.4 is 9.47 Å². The topological polar surface area (TPSA) is 55.8 Å². The molecular formula is C20H25NO4. The molecule has 0 aromatic heterocycles. The molecule has 0 heterocycles. The Balaban J connectivity index is 1.68. The number of carbonyl (C=O) groups is 2. The first-order valence-electron chi connectivity index (χ1n) is 8.93. The number of allylic oxidation sites excluding steroid dienone is 2. The largest absolute Gasteiger partial charge is 0.493 e. The SMILES string of the molecule is COc1cc(C(C)=O)ccc1OCC(=O)N(C1=CCCCC1)C1CC1. The molecule has 1 saturated carbocycles. The third-order valence-electron chi connectivity index (χ3n) is 4.68. The summed E-state index contributed by atoms with van der Waals surface area (Å²) < 4.78 is 11.0. The van der Waals surface area contributed by atoms with Crippen molar-refractivity contribution in [2.45, 2.75) is 51.5 Å². The Morgan fingerprint density at radius 3 is 2.60 bits per heavy atom. The summed E-state index contributed by atoms with van der Waals surface area (Å²) in [7, 11) is 1.53. The lowest BCUT2D eigenvalue weighted by Gasteiger charge is -2.27. The zero-order valence-corrected chi connectivity index (χ0v) is 14.9. The third-order valence-corrected chi connectivity index (χ3v) is 4.68. The molecule has 0 N–H and O–H groups in total. The predicted molar refractivity (Wildman–Crippen MR) is 94.9 cm³/mol. The molecule has 3 rings (SSSR count). The van der Waals surface area contributed by atoms with Crippen LogP contribution in [0.2, 0.25) is 0 Å². The minimum Gasteiger partial charge on any atom is -0.493 e. The Kier molecular flexibility index (Phi) is 5.41. The van der Waals surface area contributed by atoms with Gasteiger partial charge in [0.15, 0.2) is 23.9 Å². The molecule has 2 aliphatic rings. The molecule has 1 amide bonds. The predicted octanol–water partition coefficient (Wildman–Crippen LogP) is 3.73. The highest BCUT2D eigenvalue weighted by molar-refractivity contribution is 5.94. The molecule has 0 spiro atoms. The maximum absolute atomic E-state index is 12.7. The van der Waals surface area contributed by atoms with E-state index >= 15 is 0 Å². The van der Waals surface area contributed by atoms with E-state index in [1.165, 1.54) is 20.5 Å². The van der Waals surface area contributed by atoms with E-state index in [1.807, 2.05) is 4.90 Å². The van der Waals surface area contributed by atoms with Crippen LogP contribution in [0.3, 0.4) is 0 Å². The standard InChI is InChI=1S/C20H25NO4/c1-14(22)15-8-11-18(19(12-15)24-2)25-13-20(23)21(17-9-10-17)16-6-4-3-5-7-16/h6,8,11-12,17H,3-5,7,9-10,13H2,1-2H3. The van der Waals surface area contributed by atoms with E-state index in [1.54, 1.807) is 18.2 Å². The molecule has 1 fully saturated rings. The molecule has 2 aliphatic carbocycles. The monoisotopic (exact) mass is 343 g/mol. The first kappa shape index (κ1) is 17.5. The first-order chi connectivity index (χ1) is 12.1. The van der Waals surface area contributed by atoms with Crippen molar-refractivity contribution in [2.75, 3.05) is 13.7 Å². The van der Waals surface area contributed by atoms with Crippen LogP contribution in [0.5, 0.6) is 11.5 Å². The van der Waals surface area contributed by atoms with Crippen LogP contribution in [0.15, 0.2) is 30.0 Å². The molecule has 0 unspecified atom stereocenters. The Labute approximate surface area is 148 Å². The van der Waals surface area contributed by atoms with Gasteiger partial charge in [-0.05, 0) is 63.6 Å². The fourth-order valence-corrected chi connectivity index (χ4v) is 3.19. The molecule has 0 saturated heterocycles. The summed E-state index contributed by atoms with van der Waals surface area (Å²) in [5.41, 5.74) is 1.71. The molecule has 0 radical (unpaired) electrons. The molecule has 5 nitrogen and oxygen atoms in total. The summed E-state index contributed by atoms with van der Waals surface area (Å²) in [6.07, 6.45) is 8.70. The maximum atomic E-state index is 12.7. The van der Waals surface area contributed by atoms with Crippen molar-refractivity contribution < 1.29 is 19.1 Å². The van der Waals surface area contributed by atoms with Crippen LogP contribution in [0.25, 0.3) is 0 Å². The summed E-state index contributed by atoms with van der Waals surface area (Å²) >= 11 is 0. The molecule has 0 bridgehead atoms. The molecule has 1 aromatic rings. The summed E-state index contributed by atoms with van der Waals surface area (Å²) in [5, 5.41) is 0. The molecular weight excluding hydrogens is 318 g/mol. The van der Waals surface area contributed by atoms with Gasteiger partial charge in [0.2, 0.25) is 0 Å². The van der Waals surface area contributed by atoms with Gasteiger partial charge in [0.25, 0.3) is 5.91 Å². The van der Waals surface area contributed by atoms with Crippen LogP contribution in [-0.2, 0) is 4.79 Å². The molecule has 5 heteroatoms. The van der Waals surface area contributed by atoms with Gasteiger partial charge in [0.1, 0.15) is 0 Å². The van der Waals surface area contributed by atoms with Gasteiger partial charge in [-0.2, -0.15) is 0 Å². The molecule has 25 heavy (non-hydrogen) atoms. The van der Waals surface area contributed by atoms with E-state index in [0.717, 1.165) is 37.8 Å². The highest BCUT2D eigenvalue weighted by Crippen LogP contribution is 2.34. The number of ketones is 1. The van der Waals surface area contributed by atoms with Crippen LogP contribution in [-0.4, -0.2) is 36.3 Å². The Hall–Kier alpha value is -2.30. The second-order valence-corrected chi connectivity index (χ2v) is 6.65. The maximum Gasteiger partial charge on any atom is 0.264 e. The van der Waals surface area contributed by atoms with Gasteiger partial charge >= 0.3 is 0 Å². The highest BCUT2D eigenvalue weighted by atomic mass is 16.5. The smallest absolute Gasteiger partial charge is 0.264 e. The van der Waals surface area contributed by atoms with E-state index in [2.05, 4.69) is 6.08 Å².